The van der Waals surface area contributed by atoms with Gasteiger partial charge in [0.1, 0.15) is 12.0 Å². The van der Waals surface area contributed by atoms with Gasteiger partial charge < -0.3 is 13.9 Å². The first-order valence-electron chi connectivity index (χ1n) is 8.41. The number of nitrogens with one attached hydrogen (secondary N) is 1. The highest BCUT2D eigenvalue weighted by molar-refractivity contribution is 7.99. The third kappa shape index (κ3) is 3.32. The lowest BCUT2D eigenvalue weighted by Gasteiger charge is -2.34. The fraction of sp³-hybridized carbons (Fsp3) is 0.278. The number of hydrogen-bond donors (Lipinski definition) is 1. The third-order valence-corrected chi connectivity index (χ3v) is 5.62. The van der Waals surface area contributed by atoms with Crippen LogP contribution in [0.2, 0.25) is 0 Å². The van der Waals surface area contributed by atoms with Crippen molar-refractivity contribution in [3.63, 3.8) is 0 Å². The number of tetrazole rings is 1. The van der Waals surface area contributed by atoms with Gasteiger partial charge in [-0.1, -0.05) is 30.0 Å². The normalized spacial score (nSPS) is 23.8. The number of dihydropyridines is 1. The Kier molecular flexibility index (Phi) is 4.97. The van der Waals surface area contributed by atoms with E-state index in [0.29, 0.717) is 10.9 Å². The van der Waals surface area contributed by atoms with Crippen molar-refractivity contribution in [2.75, 3.05) is 20.0 Å². The van der Waals surface area contributed by atoms with E-state index in [0.717, 1.165) is 17.0 Å². The van der Waals surface area contributed by atoms with Crippen LogP contribution >= 0.6 is 11.8 Å². The van der Waals surface area contributed by atoms with Crippen LogP contribution in [0.4, 0.5) is 0 Å². The van der Waals surface area contributed by atoms with E-state index in [1.54, 1.807) is 20.5 Å². The van der Waals surface area contributed by atoms with Gasteiger partial charge in [0.25, 0.3) is 0 Å². The van der Waals surface area contributed by atoms with E-state index in [1.165, 1.54) is 18.2 Å². The number of oxazole rings is 1. The smallest absolute Gasteiger partial charge is 0.206 e. The van der Waals surface area contributed by atoms with Gasteiger partial charge in [-0.05, 0) is 34.2 Å². The van der Waals surface area contributed by atoms with E-state index in [1.807, 2.05) is 42.6 Å². The number of rotatable bonds is 7. The lowest BCUT2D eigenvalue weighted by Crippen LogP contribution is -2.39. The lowest BCUT2D eigenvalue weighted by molar-refractivity contribution is 0.0595. The van der Waals surface area contributed by atoms with Crippen molar-refractivity contribution in [1.29, 1.82) is 0 Å². The molecule has 0 spiro atoms. The Balaban J connectivity index is 1.67. The molecule has 9 nitrogen and oxygen atoms in total. The summed E-state index contributed by atoms with van der Waals surface area (Å²) < 4.78 is 16.2. The number of nitrogens with zero attached hydrogens (tertiary/aromatic N) is 5. The largest absolute Gasteiger partial charge is 0.497 e. The SMILES string of the molecule is COc1ccc(C2(c3cocn3)C=CC(CSc3nnn[nH]3)(OC)N=C2)cc1. The van der Waals surface area contributed by atoms with Crippen LogP contribution in [0.3, 0.4) is 0 Å². The maximum absolute atomic E-state index is 5.71. The van der Waals surface area contributed by atoms with Crippen LogP contribution in [-0.4, -0.2) is 57.5 Å². The molecule has 2 unspecified atom stereocenters. The average Bonchev–Trinajstić information content (AvgIpc) is 3.47. The van der Waals surface area contributed by atoms with Crippen molar-refractivity contribution >= 4 is 18.0 Å². The molecular formula is C18H18N6O3S. The van der Waals surface area contributed by atoms with Gasteiger partial charge in [0.05, 0.1) is 24.0 Å². The molecule has 3 aromatic rings. The molecular weight excluding hydrogens is 380 g/mol. The van der Waals surface area contributed by atoms with Crippen LogP contribution < -0.4 is 4.74 Å². The van der Waals surface area contributed by atoms with E-state index in [2.05, 4.69) is 25.6 Å². The van der Waals surface area contributed by atoms with Crippen molar-refractivity contribution in [2.45, 2.75) is 16.3 Å². The first-order chi connectivity index (χ1) is 13.7. The lowest BCUT2D eigenvalue weighted by atomic mass is 9.76. The number of benzene rings is 1. The summed E-state index contributed by atoms with van der Waals surface area (Å²) in [5, 5.41) is 14.4. The second-order valence-electron chi connectivity index (χ2n) is 6.11. The van der Waals surface area contributed by atoms with Gasteiger partial charge in [0.15, 0.2) is 12.1 Å². The van der Waals surface area contributed by atoms with E-state index in [-0.39, 0.29) is 0 Å². The molecule has 1 aromatic carbocycles. The Bertz CT molecular complexity index is 940. The number of hydrogen-bond acceptors (Lipinski definition) is 9. The van der Waals surface area contributed by atoms with Crippen LogP contribution in [0.15, 0.2) is 63.6 Å². The summed E-state index contributed by atoms with van der Waals surface area (Å²) in [6, 6.07) is 7.78. The first kappa shape index (κ1) is 18.4. The molecule has 0 saturated heterocycles. The summed E-state index contributed by atoms with van der Waals surface area (Å²) in [5.41, 5.74) is 0.213. The van der Waals surface area contributed by atoms with E-state index < -0.39 is 11.1 Å². The summed E-state index contributed by atoms with van der Waals surface area (Å²) in [7, 11) is 3.26. The van der Waals surface area contributed by atoms with Gasteiger partial charge >= 0.3 is 0 Å². The van der Waals surface area contributed by atoms with Crippen molar-refractivity contribution < 1.29 is 13.9 Å². The minimum atomic E-state index is -0.836. The molecule has 2 aromatic heterocycles. The predicted octanol–water partition coefficient (Wildman–Crippen LogP) is 2.26. The second-order valence-corrected chi connectivity index (χ2v) is 7.07. The first-order valence-corrected chi connectivity index (χ1v) is 9.40. The highest BCUT2D eigenvalue weighted by Crippen LogP contribution is 2.38. The second kappa shape index (κ2) is 7.56. The van der Waals surface area contributed by atoms with Gasteiger partial charge in [0.2, 0.25) is 5.16 Å². The molecule has 1 N–H and O–H groups in total. The quantitative estimate of drug-likeness (QED) is 0.476. The Morgan fingerprint density at radius 3 is 2.61 bits per heavy atom. The Labute approximate surface area is 165 Å². The third-order valence-electron chi connectivity index (χ3n) is 4.61. The number of ether oxygens (including phenoxy) is 2. The minimum absolute atomic E-state index is 0.505. The number of aromatic amines is 1. The maximum atomic E-state index is 5.71. The van der Waals surface area contributed by atoms with E-state index in [4.69, 9.17) is 18.9 Å². The molecule has 1 aliphatic heterocycles. The van der Waals surface area contributed by atoms with E-state index >= 15 is 0 Å². The van der Waals surface area contributed by atoms with Crippen LogP contribution in [0.5, 0.6) is 5.75 Å². The van der Waals surface area contributed by atoms with Crippen molar-refractivity contribution in [2.24, 2.45) is 4.99 Å². The molecule has 0 fully saturated rings. The van der Waals surface area contributed by atoms with Gasteiger partial charge in [-0.2, -0.15) is 0 Å². The molecule has 0 bridgehead atoms. The molecule has 0 saturated carbocycles. The fourth-order valence-electron chi connectivity index (χ4n) is 2.96. The molecule has 2 atom stereocenters. The summed E-state index contributed by atoms with van der Waals surface area (Å²) >= 11 is 1.42. The van der Waals surface area contributed by atoms with Crippen molar-refractivity contribution in [3.8, 4) is 5.75 Å². The number of methoxy groups -OCH3 is 2. The maximum Gasteiger partial charge on any atom is 0.206 e. The summed E-state index contributed by atoms with van der Waals surface area (Å²) in [6.07, 6.45) is 8.84. The highest BCUT2D eigenvalue weighted by Gasteiger charge is 2.39. The zero-order valence-corrected chi connectivity index (χ0v) is 16.1. The molecule has 28 heavy (non-hydrogen) atoms. The Morgan fingerprint density at radius 1 is 1.18 bits per heavy atom. The monoisotopic (exact) mass is 398 g/mol. The van der Waals surface area contributed by atoms with Gasteiger partial charge in [0, 0.05) is 13.3 Å². The molecule has 4 rings (SSSR count). The molecule has 0 amide bonds. The van der Waals surface area contributed by atoms with Crippen LogP contribution in [0.25, 0.3) is 0 Å². The molecule has 1 aliphatic rings. The van der Waals surface area contributed by atoms with Crippen LogP contribution in [-0.2, 0) is 10.2 Å². The van der Waals surface area contributed by atoms with E-state index in [9.17, 15) is 0 Å². The zero-order chi connectivity index (χ0) is 19.5. The number of H-pyrrole nitrogens is 1. The number of thioether (sulfide) groups is 1. The highest BCUT2D eigenvalue weighted by atomic mass is 32.2. The van der Waals surface area contributed by atoms with Crippen LogP contribution in [0.1, 0.15) is 11.3 Å². The minimum Gasteiger partial charge on any atom is -0.497 e. The van der Waals surface area contributed by atoms with Gasteiger partial charge in [-0.25, -0.2) is 10.1 Å². The fourth-order valence-corrected chi connectivity index (χ4v) is 3.79. The predicted molar refractivity (Wildman–Crippen MR) is 103 cm³/mol. The van der Waals surface area contributed by atoms with Gasteiger partial charge in [-0.15, -0.1) is 5.10 Å². The molecule has 0 aliphatic carbocycles. The zero-order valence-electron chi connectivity index (χ0n) is 15.3. The van der Waals surface area contributed by atoms with Gasteiger partial charge in [-0.3, -0.25) is 4.99 Å². The molecule has 10 heteroatoms. The standard InChI is InChI=1S/C18H18N6O3S/c1-25-14-5-3-13(4-6-14)17(15-9-27-12-19-15)7-8-18(26-2,20-10-17)11-28-16-21-23-24-22-16/h3-10,12H,11H2,1-2H3,(H,21,22,23,24). The van der Waals surface area contributed by atoms with Crippen LogP contribution in [0, 0.1) is 0 Å². The summed E-state index contributed by atoms with van der Waals surface area (Å²) in [4.78, 5) is 9.13. The number of aromatic nitrogens is 5. The van der Waals surface area contributed by atoms with Crippen molar-refractivity contribution in [3.05, 3.63) is 60.3 Å². The molecule has 144 valence electrons. The van der Waals surface area contributed by atoms with Crippen molar-refractivity contribution in [1.82, 2.24) is 25.6 Å². The topological polar surface area (TPSA) is 111 Å². The number of aliphatic imine (C=N–C) groups is 1. The number of allylic oxidation sites excluding steroid dienone is 1. The molecule has 0 radical (unpaired) electrons. The summed E-state index contributed by atoms with van der Waals surface area (Å²) in [5.74, 6) is 1.28. The molecule has 3 heterocycles. The Hall–Kier alpha value is -2.98. The Morgan fingerprint density at radius 2 is 2.04 bits per heavy atom. The average molecular weight is 398 g/mol. The summed E-state index contributed by atoms with van der Waals surface area (Å²) in [6.45, 7) is 0.